The van der Waals surface area contributed by atoms with E-state index in [9.17, 15) is 4.79 Å². The topological polar surface area (TPSA) is 41.6 Å². The Balaban J connectivity index is 1.50. The van der Waals surface area contributed by atoms with Crippen LogP contribution < -0.4 is 15.0 Å². The Kier molecular flexibility index (Phi) is 6.96. The molecule has 1 aliphatic heterocycles. The van der Waals surface area contributed by atoms with Crippen LogP contribution in [0, 0.1) is 6.92 Å². The van der Waals surface area contributed by atoms with Crippen LogP contribution in [0.3, 0.4) is 0 Å². The zero-order valence-electron chi connectivity index (χ0n) is 17.3. The lowest BCUT2D eigenvalue weighted by Gasteiger charge is -2.29. The zero-order valence-corrected chi connectivity index (χ0v) is 17.3. The molecule has 3 rings (SSSR count). The molecule has 1 heterocycles. The van der Waals surface area contributed by atoms with E-state index in [1.54, 1.807) is 7.11 Å². The van der Waals surface area contributed by atoms with Gasteiger partial charge in [0, 0.05) is 25.2 Å². The molecule has 2 aromatic rings. The van der Waals surface area contributed by atoms with Crippen LogP contribution in [0.4, 0.5) is 5.69 Å². The van der Waals surface area contributed by atoms with Gasteiger partial charge in [-0.1, -0.05) is 24.3 Å². The second-order valence-corrected chi connectivity index (χ2v) is 7.73. The van der Waals surface area contributed by atoms with E-state index in [2.05, 4.69) is 40.5 Å². The summed E-state index contributed by atoms with van der Waals surface area (Å²) in [5.74, 6) is 0.968. The number of anilines is 1. The van der Waals surface area contributed by atoms with Crippen LogP contribution in [0.2, 0.25) is 0 Å². The molecule has 0 unspecified atom stereocenters. The van der Waals surface area contributed by atoms with Crippen molar-refractivity contribution in [3.05, 3.63) is 59.2 Å². The Morgan fingerprint density at radius 2 is 1.82 bits per heavy atom. The fraction of sp³-hybridized carbons (Fsp3) is 0.458. The molecule has 0 aromatic heterocycles. The summed E-state index contributed by atoms with van der Waals surface area (Å²) in [5.41, 5.74) is 4.70. The summed E-state index contributed by atoms with van der Waals surface area (Å²) in [7, 11) is 1.68. The van der Waals surface area contributed by atoms with E-state index in [4.69, 9.17) is 4.74 Å². The predicted octanol–water partition coefficient (Wildman–Crippen LogP) is 4.80. The minimum atomic E-state index is 0.0144. The number of piperidine rings is 1. The van der Waals surface area contributed by atoms with Crippen LogP contribution in [0.5, 0.6) is 5.75 Å². The highest BCUT2D eigenvalue weighted by molar-refractivity contribution is 5.76. The third-order valence-electron chi connectivity index (χ3n) is 5.59. The first-order valence-electron chi connectivity index (χ1n) is 10.3. The average Bonchev–Trinajstić information content (AvgIpc) is 2.73. The maximum Gasteiger partial charge on any atom is 0.220 e. The number of carbonyl (C=O) groups excluding carboxylic acids is 1. The molecule has 4 nitrogen and oxygen atoms in total. The highest BCUT2D eigenvalue weighted by Crippen LogP contribution is 2.23. The van der Waals surface area contributed by atoms with Crippen molar-refractivity contribution >= 4 is 11.6 Å². The first kappa shape index (κ1) is 20.2. The van der Waals surface area contributed by atoms with Crippen molar-refractivity contribution < 1.29 is 9.53 Å². The molecule has 1 N–H and O–H groups in total. The van der Waals surface area contributed by atoms with Crippen molar-refractivity contribution in [1.82, 2.24) is 5.32 Å². The summed E-state index contributed by atoms with van der Waals surface area (Å²) in [6, 6.07) is 14.8. The minimum absolute atomic E-state index is 0.0144. The molecule has 28 heavy (non-hydrogen) atoms. The van der Waals surface area contributed by atoms with Gasteiger partial charge in [0.2, 0.25) is 5.91 Å². The van der Waals surface area contributed by atoms with Gasteiger partial charge in [0.1, 0.15) is 5.75 Å². The van der Waals surface area contributed by atoms with Gasteiger partial charge in [-0.3, -0.25) is 4.79 Å². The molecular formula is C24H32N2O2. The summed E-state index contributed by atoms with van der Waals surface area (Å²) >= 11 is 0. The Hall–Kier alpha value is -2.49. The number of nitrogens with one attached hydrogen (secondary N) is 1. The molecule has 0 bridgehead atoms. The number of nitrogens with zero attached hydrogens (tertiary/aromatic N) is 1. The first-order valence-corrected chi connectivity index (χ1v) is 10.3. The molecule has 1 saturated heterocycles. The van der Waals surface area contributed by atoms with Crippen molar-refractivity contribution in [3.8, 4) is 5.75 Å². The molecule has 0 spiro atoms. The van der Waals surface area contributed by atoms with E-state index in [-0.39, 0.29) is 11.9 Å². The lowest BCUT2D eigenvalue weighted by Crippen LogP contribution is -2.29. The van der Waals surface area contributed by atoms with Crippen LogP contribution in [0.15, 0.2) is 42.5 Å². The van der Waals surface area contributed by atoms with Gasteiger partial charge in [-0.25, -0.2) is 0 Å². The lowest BCUT2D eigenvalue weighted by atomic mass is 10.0. The van der Waals surface area contributed by atoms with Crippen molar-refractivity contribution in [2.24, 2.45) is 0 Å². The number of hydrogen-bond donors (Lipinski definition) is 1. The average molecular weight is 381 g/mol. The number of methoxy groups -OCH3 is 1. The van der Waals surface area contributed by atoms with E-state index >= 15 is 0 Å². The number of ether oxygens (including phenoxy) is 1. The van der Waals surface area contributed by atoms with E-state index in [1.807, 2.05) is 26.0 Å². The number of carbonyl (C=O) groups is 1. The number of hydrogen-bond acceptors (Lipinski definition) is 3. The highest BCUT2D eigenvalue weighted by Gasteiger charge is 2.13. The summed E-state index contributed by atoms with van der Waals surface area (Å²) in [4.78, 5) is 14.8. The Labute approximate surface area is 168 Å². The van der Waals surface area contributed by atoms with Crippen molar-refractivity contribution in [2.45, 2.75) is 52.0 Å². The van der Waals surface area contributed by atoms with E-state index in [0.717, 1.165) is 42.0 Å². The van der Waals surface area contributed by atoms with Gasteiger partial charge in [-0.15, -0.1) is 0 Å². The summed E-state index contributed by atoms with van der Waals surface area (Å²) < 4.78 is 5.29. The molecule has 2 aromatic carbocycles. The quantitative estimate of drug-likeness (QED) is 0.750. The number of amides is 1. The van der Waals surface area contributed by atoms with E-state index < -0.39 is 0 Å². The second-order valence-electron chi connectivity index (χ2n) is 7.73. The Bertz CT molecular complexity index is 780. The van der Waals surface area contributed by atoms with Crippen LogP contribution in [0.25, 0.3) is 0 Å². The Morgan fingerprint density at radius 3 is 2.46 bits per heavy atom. The SMILES string of the molecule is COc1ccc(CCC(=O)N[C@@H](C)c2ccc(N3CCCCC3)cc2)cc1C. The van der Waals surface area contributed by atoms with Crippen LogP contribution in [-0.2, 0) is 11.2 Å². The molecular weight excluding hydrogens is 348 g/mol. The molecule has 0 aliphatic carbocycles. The third-order valence-corrected chi connectivity index (χ3v) is 5.59. The largest absolute Gasteiger partial charge is 0.496 e. The van der Waals surface area contributed by atoms with Crippen molar-refractivity contribution in [3.63, 3.8) is 0 Å². The molecule has 1 aliphatic rings. The van der Waals surface area contributed by atoms with Crippen LogP contribution in [0.1, 0.15) is 55.3 Å². The maximum atomic E-state index is 12.4. The van der Waals surface area contributed by atoms with Gasteiger partial charge in [0.05, 0.1) is 13.2 Å². The predicted molar refractivity (Wildman–Crippen MR) is 115 cm³/mol. The van der Waals surface area contributed by atoms with E-state index in [0.29, 0.717) is 6.42 Å². The second kappa shape index (κ2) is 9.63. The minimum Gasteiger partial charge on any atom is -0.496 e. The summed E-state index contributed by atoms with van der Waals surface area (Å²) in [6.45, 7) is 6.37. The lowest BCUT2D eigenvalue weighted by molar-refractivity contribution is -0.121. The zero-order chi connectivity index (χ0) is 19.9. The number of rotatable bonds is 7. The smallest absolute Gasteiger partial charge is 0.220 e. The Morgan fingerprint density at radius 1 is 1.11 bits per heavy atom. The van der Waals surface area contributed by atoms with Gasteiger partial charge < -0.3 is 15.0 Å². The maximum absolute atomic E-state index is 12.4. The van der Waals surface area contributed by atoms with Gasteiger partial charge in [0.25, 0.3) is 0 Å². The molecule has 1 atom stereocenters. The number of aryl methyl sites for hydroxylation is 2. The van der Waals surface area contributed by atoms with Crippen LogP contribution >= 0.6 is 0 Å². The van der Waals surface area contributed by atoms with Gasteiger partial charge >= 0.3 is 0 Å². The summed E-state index contributed by atoms with van der Waals surface area (Å²) in [6.07, 6.45) is 5.12. The normalized spacial score (nSPS) is 15.2. The molecule has 1 fully saturated rings. The molecule has 0 radical (unpaired) electrons. The van der Waals surface area contributed by atoms with E-state index in [1.165, 1.54) is 24.9 Å². The van der Waals surface area contributed by atoms with Gasteiger partial charge in [-0.05, 0) is 74.4 Å². The molecule has 150 valence electrons. The monoisotopic (exact) mass is 380 g/mol. The molecule has 1 amide bonds. The number of benzene rings is 2. The third kappa shape index (κ3) is 5.28. The first-order chi connectivity index (χ1) is 13.6. The molecule has 4 heteroatoms. The van der Waals surface area contributed by atoms with Crippen molar-refractivity contribution in [2.75, 3.05) is 25.1 Å². The van der Waals surface area contributed by atoms with Gasteiger partial charge in [-0.2, -0.15) is 0 Å². The highest BCUT2D eigenvalue weighted by atomic mass is 16.5. The fourth-order valence-corrected chi connectivity index (χ4v) is 3.88. The van der Waals surface area contributed by atoms with Gasteiger partial charge in [0.15, 0.2) is 0 Å². The standard InChI is InChI=1S/C24H32N2O2/c1-18-17-20(7-13-23(18)28-3)8-14-24(27)25-19(2)21-9-11-22(12-10-21)26-15-5-4-6-16-26/h7,9-13,17,19H,4-6,8,14-16H2,1-3H3,(H,25,27)/t19-/m0/s1. The summed E-state index contributed by atoms with van der Waals surface area (Å²) in [5, 5.41) is 3.13. The molecule has 0 saturated carbocycles. The van der Waals surface area contributed by atoms with Crippen LogP contribution in [-0.4, -0.2) is 26.1 Å². The fourth-order valence-electron chi connectivity index (χ4n) is 3.88. The van der Waals surface area contributed by atoms with Crippen molar-refractivity contribution in [1.29, 1.82) is 0 Å².